The normalized spacial score (nSPS) is 16.2. The van der Waals surface area contributed by atoms with Gasteiger partial charge in [0.15, 0.2) is 0 Å². The van der Waals surface area contributed by atoms with Crippen molar-refractivity contribution < 1.29 is 9.84 Å². The first-order chi connectivity index (χ1) is 14.3. The number of rotatable bonds is 9. The number of aliphatic hydroxyl groups is 1. The zero-order chi connectivity index (χ0) is 19.9. The van der Waals surface area contributed by atoms with Crippen LogP contribution in [-0.2, 0) is 6.54 Å². The number of para-hydroxylation sites is 1. The predicted molar refractivity (Wildman–Crippen MR) is 116 cm³/mol. The third kappa shape index (κ3) is 5.17. The van der Waals surface area contributed by atoms with Crippen LogP contribution in [0.25, 0.3) is 11.0 Å². The Hall–Kier alpha value is -2.37. The van der Waals surface area contributed by atoms with Gasteiger partial charge in [-0.05, 0) is 42.9 Å². The van der Waals surface area contributed by atoms with Crippen LogP contribution < -0.4 is 10.1 Å². The second-order valence-electron chi connectivity index (χ2n) is 8.01. The molecule has 1 atom stereocenters. The molecule has 1 unspecified atom stereocenters. The number of ether oxygens (including phenoxy) is 1. The number of H-pyrrole nitrogens is 1. The third-order valence-electron chi connectivity index (χ3n) is 5.86. The van der Waals surface area contributed by atoms with E-state index < -0.39 is 0 Å². The summed E-state index contributed by atoms with van der Waals surface area (Å²) in [6, 6.07) is 16.4. The van der Waals surface area contributed by atoms with Gasteiger partial charge in [0.2, 0.25) is 0 Å². The number of fused-ring (bicyclic) bond motifs is 1. The summed E-state index contributed by atoms with van der Waals surface area (Å²) in [7, 11) is 0. The highest BCUT2D eigenvalue weighted by Crippen LogP contribution is 2.28. The number of hydrogen-bond acceptors (Lipinski definition) is 4. The molecule has 0 spiro atoms. The lowest BCUT2D eigenvalue weighted by molar-refractivity contribution is 0.210. The fourth-order valence-corrected chi connectivity index (χ4v) is 4.24. The summed E-state index contributed by atoms with van der Waals surface area (Å²) in [6.45, 7) is 1.54. The van der Waals surface area contributed by atoms with E-state index in [1.807, 2.05) is 36.4 Å². The molecule has 29 heavy (non-hydrogen) atoms. The van der Waals surface area contributed by atoms with Crippen molar-refractivity contribution in [1.29, 1.82) is 0 Å². The molecule has 1 heterocycles. The average Bonchev–Trinajstić information content (AvgIpc) is 3.20. The van der Waals surface area contributed by atoms with E-state index in [-0.39, 0.29) is 12.6 Å². The van der Waals surface area contributed by atoms with Crippen molar-refractivity contribution >= 4 is 11.0 Å². The standard InChI is InChI=1S/C24H31N3O2/c28-15-14-20(19-10-5-2-6-11-19)25-16-23-26-21-12-7-13-22(24(21)27-23)29-17-18-8-3-1-4-9-18/h2,5-7,10-13,18,20,25,28H,1,3-4,8-9,14-17H2,(H,26,27). The number of aromatic nitrogens is 2. The van der Waals surface area contributed by atoms with Crippen LogP contribution in [0.1, 0.15) is 56.0 Å². The molecule has 1 saturated carbocycles. The highest BCUT2D eigenvalue weighted by Gasteiger charge is 2.16. The van der Waals surface area contributed by atoms with Crippen molar-refractivity contribution in [3.63, 3.8) is 0 Å². The fraction of sp³-hybridized carbons (Fsp3) is 0.458. The van der Waals surface area contributed by atoms with Gasteiger partial charge in [0.05, 0.1) is 18.7 Å². The van der Waals surface area contributed by atoms with Crippen molar-refractivity contribution in [1.82, 2.24) is 15.3 Å². The van der Waals surface area contributed by atoms with Crippen LogP contribution in [0.4, 0.5) is 0 Å². The molecular formula is C24H31N3O2. The molecule has 1 aliphatic rings. The Kier molecular flexibility index (Phi) is 6.80. The molecule has 5 heteroatoms. The van der Waals surface area contributed by atoms with Gasteiger partial charge in [0.1, 0.15) is 17.1 Å². The largest absolute Gasteiger partial charge is 0.491 e. The summed E-state index contributed by atoms with van der Waals surface area (Å²) in [5, 5.41) is 13.0. The summed E-state index contributed by atoms with van der Waals surface area (Å²) >= 11 is 0. The number of nitrogens with one attached hydrogen (secondary N) is 2. The van der Waals surface area contributed by atoms with Gasteiger partial charge in [0, 0.05) is 12.6 Å². The lowest BCUT2D eigenvalue weighted by Crippen LogP contribution is -2.22. The maximum absolute atomic E-state index is 9.43. The summed E-state index contributed by atoms with van der Waals surface area (Å²) in [6.07, 6.45) is 7.23. The van der Waals surface area contributed by atoms with E-state index in [1.54, 1.807) is 0 Å². The van der Waals surface area contributed by atoms with Crippen LogP contribution in [0.3, 0.4) is 0 Å². The molecule has 3 N–H and O–H groups in total. The Labute approximate surface area is 172 Å². The zero-order valence-corrected chi connectivity index (χ0v) is 16.9. The van der Waals surface area contributed by atoms with Crippen LogP contribution in [-0.4, -0.2) is 28.3 Å². The molecule has 3 aromatic rings. The maximum Gasteiger partial charge on any atom is 0.147 e. The number of imidazole rings is 1. The highest BCUT2D eigenvalue weighted by atomic mass is 16.5. The molecule has 1 fully saturated rings. The monoisotopic (exact) mass is 393 g/mol. The Morgan fingerprint density at radius 2 is 1.90 bits per heavy atom. The van der Waals surface area contributed by atoms with E-state index in [9.17, 15) is 5.11 Å². The first-order valence-corrected chi connectivity index (χ1v) is 10.8. The summed E-state index contributed by atoms with van der Waals surface area (Å²) in [5.41, 5.74) is 3.08. The number of nitrogens with zero attached hydrogens (tertiary/aromatic N) is 1. The predicted octanol–water partition coefficient (Wildman–Crippen LogP) is 4.74. The number of benzene rings is 2. The zero-order valence-electron chi connectivity index (χ0n) is 16.9. The van der Waals surface area contributed by atoms with Gasteiger partial charge in [-0.1, -0.05) is 55.7 Å². The maximum atomic E-state index is 9.43. The minimum atomic E-state index is 0.0939. The third-order valence-corrected chi connectivity index (χ3v) is 5.86. The van der Waals surface area contributed by atoms with Crippen molar-refractivity contribution in [2.45, 2.75) is 51.1 Å². The SMILES string of the molecule is OCCC(NCc1nc2c(OCC3CCCCC3)cccc2[nH]1)c1ccccc1. The molecular weight excluding hydrogens is 362 g/mol. The Morgan fingerprint density at radius 3 is 2.69 bits per heavy atom. The average molecular weight is 394 g/mol. The van der Waals surface area contributed by atoms with Crippen LogP contribution in [0, 0.1) is 5.92 Å². The molecule has 0 amide bonds. The smallest absolute Gasteiger partial charge is 0.147 e. The van der Waals surface area contributed by atoms with Crippen molar-refractivity contribution in [3.05, 3.63) is 59.9 Å². The molecule has 0 aliphatic heterocycles. The highest BCUT2D eigenvalue weighted by molar-refractivity contribution is 5.81. The van der Waals surface area contributed by atoms with Crippen LogP contribution in [0.5, 0.6) is 5.75 Å². The Morgan fingerprint density at radius 1 is 1.07 bits per heavy atom. The number of aliphatic hydroxyl groups excluding tert-OH is 1. The molecule has 5 nitrogen and oxygen atoms in total. The number of hydrogen-bond donors (Lipinski definition) is 3. The van der Waals surface area contributed by atoms with Gasteiger partial charge in [-0.3, -0.25) is 0 Å². The van der Waals surface area contributed by atoms with Crippen molar-refractivity contribution in [3.8, 4) is 5.75 Å². The fourth-order valence-electron chi connectivity index (χ4n) is 4.24. The van der Waals surface area contributed by atoms with E-state index in [2.05, 4.69) is 22.4 Å². The first kappa shape index (κ1) is 19.9. The van der Waals surface area contributed by atoms with Gasteiger partial charge in [-0.25, -0.2) is 4.98 Å². The lowest BCUT2D eigenvalue weighted by atomic mass is 9.90. The van der Waals surface area contributed by atoms with Gasteiger partial charge in [-0.15, -0.1) is 0 Å². The van der Waals surface area contributed by atoms with E-state index in [0.29, 0.717) is 18.9 Å². The minimum Gasteiger partial charge on any atom is -0.491 e. The second-order valence-corrected chi connectivity index (χ2v) is 8.01. The molecule has 154 valence electrons. The molecule has 1 aromatic heterocycles. The molecule has 0 radical (unpaired) electrons. The molecule has 0 saturated heterocycles. The molecule has 2 aromatic carbocycles. The Balaban J connectivity index is 1.42. The van der Waals surface area contributed by atoms with Gasteiger partial charge >= 0.3 is 0 Å². The van der Waals surface area contributed by atoms with Crippen molar-refractivity contribution in [2.24, 2.45) is 5.92 Å². The molecule has 0 bridgehead atoms. The van der Waals surface area contributed by atoms with Gasteiger partial charge in [-0.2, -0.15) is 0 Å². The Bertz CT molecular complexity index is 888. The molecule has 4 rings (SSSR count). The number of aromatic amines is 1. The van der Waals surface area contributed by atoms with Crippen LogP contribution in [0.2, 0.25) is 0 Å². The van der Waals surface area contributed by atoms with Crippen molar-refractivity contribution in [2.75, 3.05) is 13.2 Å². The van der Waals surface area contributed by atoms with E-state index >= 15 is 0 Å². The van der Waals surface area contributed by atoms with Gasteiger partial charge < -0.3 is 20.1 Å². The van der Waals surface area contributed by atoms with Gasteiger partial charge in [0.25, 0.3) is 0 Å². The second kappa shape index (κ2) is 9.90. The van der Waals surface area contributed by atoms with Crippen LogP contribution in [0.15, 0.2) is 48.5 Å². The first-order valence-electron chi connectivity index (χ1n) is 10.8. The van der Waals surface area contributed by atoms with E-state index in [4.69, 9.17) is 9.72 Å². The lowest BCUT2D eigenvalue weighted by Gasteiger charge is -2.21. The van der Waals surface area contributed by atoms with E-state index in [0.717, 1.165) is 29.2 Å². The van der Waals surface area contributed by atoms with Crippen LogP contribution >= 0.6 is 0 Å². The summed E-state index contributed by atoms with van der Waals surface area (Å²) in [5.74, 6) is 2.42. The summed E-state index contributed by atoms with van der Waals surface area (Å²) < 4.78 is 6.17. The quantitative estimate of drug-likeness (QED) is 0.491. The molecule has 1 aliphatic carbocycles. The minimum absolute atomic E-state index is 0.0939. The van der Waals surface area contributed by atoms with E-state index in [1.165, 1.54) is 37.7 Å². The summed E-state index contributed by atoms with van der Waals surface area (Å²) in [4.78, 5) is 8.20. The topological polar surface area (TPSA) is 70.2 Å².